The molecule has 1 amide bonds. The van der Waals surface area contributed by atoms with Crippen molar-refractivity contribution in [1.82, 2.24) is 5.32 Å². The Morgan fingerprint density at radius 3 is 2.46 bits per heavy atom. The number of benzene rings is 2. The molecule has 0 aliphatic carbocycles. The second-order valence-electron chi connectivity index (χ2n) is 4.88. The van der Waals surface area contributed by atoms with Gasteiger partial charge < -0.3 is 14.8 Å². The van der Waals surface area contributed by atoms with E-state index in [0.29, 0.717) is 13.0 Å². The number of rotatable bonds is 7. The van der Waals surface area contributed by atoms with Crippen LogP contribution in [-0.4, -0.2) is 26.2 Å². The molecule has 2 aromatic rings. The first-order chi connectivity index (χ1) is 11.5. The van der Waals surface area contributed by atoms with Crippen LogP contribution in [0.15, 0.2) is 42.5 Å². The number of methoxy groups -OCH3 is 1. The van der Waals surface area contributed by atoms with E-state index in [2.05, 4.69) is 10.1 Å². The van der Waals surface area contributed by atoms with Gasteiger partial charge in [0.25, 0.3) is 5.91 Å². The molecule has 0 bridgehead atoms. The SMILES string of the molecule is COc1cc(C(=O)NCCc2ccc(F)cc2)ccc1OC(F)F. The van der Waals surface area contributed by atoms with Crippen molar-refractivity contribution in [3.05, 3.63) is 59.4 Å². The fraction of sp³-hybridized carbons (Fsp3) is 0.235. The summed E-state index contributed by atoms with van der Waals surface area (Å²) in [6.07, 6.45) is 0.537. The van der Waals surface area contributed by atoms with Gasteiger partial charge in [0, 0.05) is 12.1 Å². The minimum Gasteiger partial charge on any atom is -0.493 e. The van der Waals surface area contributed by atoms with Gasteiger partial charge in [-0.25, -0.2) is 4.39 Å². The lowest BCUT2D eigenvalue weighted by molar-refractivity contribution is -0.0512. The van der Waals surface area contributed by atoms with Crippen molar-refractivity contribution < 1.29 is 27.4 Å². The van der Waals surface area contributed by atoms with Gasteiger partial charge in [-0.15, -0.1) is 0 Å². The van der Waals surface area contributed by atoms with Crippen LogP contribution in [0.1, 0.15) is 15.9 Å². The highest BCUT2D eigenvalue weighted by molar-refractivity contribution is 5.94. The van der Waals surface area contributed by atoms with Crippen LogP contribution in [0.2, 0.25) is 0 Å². The number of ether oxygens (including phenoxy) is 2. The Kier molecular flexibility index (Phi) is 6.06. The molecule has 0 aromatic heterocycles. The van der Waals surface area contributed by atoms with E-state index in [1.54, 1.807) is 12.1 Å². The highest BCUT2D eigenvalue weighted by atomic mass is 19.3. The molecule has 0 radical (unpaired) electrons. The number of carbonyl (C=O) groups is 1. The lowest BCUT2D eigenvalue weighted by atomic mass is 10.1. The molecule has 0 unspecified atom stereocenters. The molecule has 0 saturated heterocycles. The molecular formula is C17H16F3NO3. The zero-order valence-electron chi connectivity index (χ0n) is 12.9. The summed E-state index contributed by atoms with van der Waals surface area (Å²) in [7, 11) is 1.30. The molecule has 0 saturated carbocycles. The maximum absolute atomic E-state index is 12.8. The fourth-order valence-corrected chi connectivity index (χ4v) is 2.08. The Labute approximate surface area is 137 Å². The van der Waals surface area contributed by atoms with Gasteiger partial charge in [-0.1, -0.05) is 12.1 Å². The van der Waals surface area contributed by atoms with E-state index >= 15 is 0 Å². The number of hydrogen-bond donors (Lipinski definition) is 1. The van der Waals surface area contributed by atoms with E-state index in [1.165, 1.54) is 37.4 Å². The molecule has 7 heteroatoms. The molecule has 2 aromatic carbocycles. The molecule has 1 N–H and O–H groups in total. The molecule has 2 rings (SSSR count). The molecular weight excluding hydrogens is 323 g/mol. The molecule has 0 atom stereocenters. The number of halogens is 3. The number of alkyl halides is 2. The largest absolute Gasteiger partial charge is 0.493 e. The minimum absolute atomic E-state index is 0.0430. The summed E-state index contributed by atoms with van der Waals surface area (Å²) in [5, 5.41) is 2.70. The predicted molar refractivity (Wildman–Crippen MR) is 82.1 cm³/mol. The van der Waals surface area contributed by atoms with Crippen molar-refractivity contribution in [2.75, 3.05) is 13.7 Å². The average molecular weight is 339 g/mol. The topological polar surface area (TPSA) is 47.6 Å². The summed E-state index contributed by atoms with van der Waals surface area (Å²) < 4.78 is 46.6. The van der Waals surface area contributed by atoms with Crippen molar-refractivity contribution in [3.63, 3.8) is 0 Å². The molecule has 128 valence electrons. The van der Waals surface area contributed by atoms with Gasteiger partial charge in [0.2, 0.25) is 0 Å². The van der Waals surface area contributed by atoms with Crippen LogP contribution in [0.4, 0.5) is 13.2 Å². The lowest BCUT2D eigenvalue weighted by Crippen LogP contribution is -2.25. The average Bonchev–Trinajstić information content (AvgIpc) is 2.56. The van der Waals surface area contributed by atoms with Gasteiger partial charge in [0.1, 0.15) is 5.82 Å². The Morgan fingerprint density at radius 1 is 1.12 bits per heavy atom. The second kappa shape index (κ2) is 8.24. The Bertz CT molecular complexity index is 690. The first-order valence-electron chi connectivity index (χ1n) is 7.15. The Morgan fingerprint density at radius 2 is 1.83 bits per heavy atom. The van der Waals surface area contributed by atoms with Gasteiger partial charge in [-0.2, -0.15) is 8.78 Å². The van der Waals surface area contributed by atoms with Gasteiger partial charge in [0.05, 0.1) is 7.11 Å². The maximum Gasteiger partial charge on any atom is 0.387 e. The summed E-state index contributed by atoms with van der Waals surface area (Å²) in [4.78, 5) is 12.1. The number of hydrogen-bond acceptors (Lipinski definition) is 3. The molecule has 0 fully saturated rings. The van der Waals surface area contributed by atoms with Gasteiger partial charge >= 0.3 is 6.61 Å². The standard InChI is InChI=1S/C17H16F3NO3/c1-23-15-10-12(4-7-14(15)24-17(19)20)16(22)21-9-8-11-2-5-13(18)6-3-11/h2-7,10,17H,8-9H2,1H3,(H,21,22). The third-order valence-electron chi connectivity index (χ3n) is 3.25. The first kappa shape index (κ1) is 17.7. The first-order valence-corrected chi connectivity index (χ1v) is 7.15. The third-order valence-corrected chi connectivity index (χ3v) is 3.25. The zero-order chi connectivity index (χ0) is 17.5. The van der Waals surface area contributed by atoms with Crippen molar-refractivity contribution in [2.24, 2.45) is 0 Å². The summed E-state index contributed by atoms with van der Waals surface area (Å²) in [6, 6.07) is 9.92. The lowest BCUT2D eigenvalue weighted by Gasteiger charge is -2.11. The van der Waals surface area contributed by atoms with Crippen LogP contribution in [0, 0.1) is 5.82 Å². The molecule has 4 nitrogen and oxygen atoms in total. The van der Waals surface area contributed by atoms with Crippen LogP contribution in [0.25, 0.3) is 0 Å². The van der Waals surface area contributed by atoms with Crippen LogP contribution in [0.3, 0.4) is 0 Å². The van der Waals surface area contributed by atoms with Gasteiger partial charge in [0.15, 0.2) is 11.5 Å². The van der Waals surface area contributed by atoms with Crippen LogP contribution >= 0.6 is 0 Å². The molecule has 0 spiro atoms. The summed E-state index contributed by atoms with van der Waals surface area (Å²) in [5.74, 6) is -0.795. The van der Waals surface area contributed by atoms with Crippen molar-refractivity contribution in [1.29, 1.82) is 0 Å². The zero-order valence-corrected chi connectivity index (χ0v) is 12.9. The maximum atomic E-state index is 12.8. The predicted octanol–water partition coefficient (Wildman–Crippen LogP) is 3.41. The third kappa shape index (κ3) is 4.91. The van der Waals surface area contributed by atoms with Gasteiger partial charge in [-0.05, 0) is 42.3 Å². The highest BCUT2D eigenvalue weighted by Crippen LogP contribution is 2.29. The quantitative estimate of drug-likeness (QED) is 0.841. The Hall–Kier alpha value is -2.70. The van der Waals surface area contributed by atoms with Crippen molar-refractivity contribution in [2.45, 2.75) is 13.0 Å². The second-order valence-corrected chi connectivity index (χ2v) is 4.88. The number of amides is 1. The summed E-state index contributed by atoms with van der Waals surface area (Å²) >= 11 is 0. The van der Waals surface area contributed by atoms with Crippen LogP contribution in [0.5, 0.6) is 11.5 Å². The smallest absolute Gasteiger partial charge is 0.387 e. The van der Waals surface area contributed by atoms with E-state index in [1.807, 2.05) is 0 Å². The van der Waals surface area contributed by atoms with Crippen LogP contribution in [-0.2, 0) is 6.42 Å². The van der Waals surface area contributed by atoms with Crippen molar-refractivity contribution >= 4 is 5.91 Å². The minimum atomic E-state index is -2.98. The van der Waals surface area contributed by atoms with E-state index in [4.69, 9.17) is 4.74 Å². The summed E-state index contributed by atoms with van der Waals surface area (Å²) in [5.41, 5.74) is 1.14. The van der Waals surface area contributed by atoms with Crippen molar-refractivity contribution in [3.8, 4) is 11.5 Å². The van der Waals surface area contributed by atoms with Crippen LogP contribution < -0.4 is 14.8 Å². The van der Waals surface area contributed by atoms with E-state index < -0.39 is 6.61 Å². The normalized spacial score (nSPS) is 10.5. The number of carbonyl (C=O) groups excluding carboxylic acids is 1. The molecule has 0 aliphatic rings. The molecule has 0 heterocycles. The molecule has 0 aliphatic heterocycles. The molecule has 24 heavy (non-hydrogen) atoms. The van der Waals surface area contributed by atoms with E-state index in [0.717, 1.165) is 5.56 Å². The monoisotopic (exact) mass is 339 g/mol. The summed E-state index contributed by atoms with van der Waals surface area (Å²) in [6.45, 7) is -2.63. The fourth-order valence-electron chi connectivity index (χ4n) is 2.08. The highest BCUT2D eigenvalue weighted by Gasteiger charge is 2.14. The Balaban J connectivity index is 1.95. The number of nitrogens with one attached hydrogen (secondary N) is 1. The van der Waals surface area contributed by atoms with E-state index in [9.17, 15) is 18.0 Å². The van der Waals surface area contributed by atoms with Gasteiger partial charge in [-0.3, -0.25) is 4.79 Å². The van der Waals surface area contributed by atoms with E-state index in [-0.39, 0.29) is 28.8 Å².